The maximum atomic E-state index is 9.21. The van der Waals surface area contributed by atoms with Crippen molar-refractivity contribution in [3.8, 4) is 0 Å². The second-order valence-electron chi connectivity index (χ2n) is 5.22. The number of rotatable bonds is 3. The van der Waals surface area contributed by atoms with Crippen molar-refractivity contribution in [3.63, 3.8) is 0 Å². The third kappa shape index (κ3) is 3.04. The summed E-state index contributed by atoms with van der Waals surface area (Å²) in [7, 11) is 0. The molecule has 1 aliphatic heterocycles. The Morgan fingerprint density at radius 2 is 2.11 bits per heavy atom. The third-order valence-electron chi connectivity index (χ3n) is 3.77. The van der Waals surface area contributed by atoms with E-state index in [-0.39, 0.29) is 6.61 Å². The molecule has 0 radical (unpaired) electrons. The molecule has 0 unspecified atom stereocenters. The molecular formula is C14H21N3OS. The molecule has 0 aliphatic carbocycles. The average molecular weight is 279 g/mol. The fraction of sp³-hybridized carbons (Fsp3) is 0.571. The van der Waals surface area contributed by atoms with Gasteiger partial charge in [0.2, 0.25) is 0 Å². The highest BCUT2D eigenvalue weighted by Gasteiger charge is 2.22. The van der Waals surface area contributed by atoms with Gasteiger partial charge in [0.05, 0.1) is 11.3 Å². The van der Waals surface area contributed by atoms with Gasteiger partial charge in [0, 0.05) is 31.1 Å². The van der Waals surface area contributed by atoms with E-state index >= 15 is 0 Å². The summed E-state index contributed by atoms with van der Waals surface area (Å²) in [4.78, 5) is 7.16. The summed E-state index contributed by atoms with van der Waals surface area (Å²) in [5.41, 5.74) is 9.71. The van der Waals surface area contributed by atoms with Gasteiger partial charge in [0.15, 0.2) is 0 Å². The maximum Gasteiger partial charge on any atom is 0.107 e. The van der Waals surface area contributed by atoms with Gasteiger partial charge < -0.3 is 15.7 Å². The molecule has 0 saturated carbocycles. The molecule has 1 fully saturated rings. The standard InChI is InChI=1S/C14H21N3OS/c1-9-7-12(13(14(15)19)10(2)16-9)17-5-3-11(8-18)4-6-17/h7,11,18H,3-6,8H2,1-2H3,(H2,15,19). The van der Waals surface area contributed by atoms with Crippen molar-refractivity contribution < 1.29 is 5.11 Å². The molecule has 0 amide bonds. The predicted molar refractivity (Wildman–Crippen MR) is 81.6 cm³/mol. The summed E-state index contributed by atoms with van der Waals surface area (Å²) in [5, 5.41) is 9.21. The van der Waals surface area contributed by atoms with Crippen molar-refractivity contribution in [1.82, 2.24) is 4.98 Å². The Morgan fingerprint density at radius 3 is 2.63 bits per heavy atom. The zero-order valence-corrected chi connectivity index (χ0v) is 12.3. The minimum absolute atomic E-state index is 0.282. The molecule has 5 heteroatoms. The number of aryl methyl sites for hydroxylation is 2. The monoisotopic (exact) mass is 279 g/mol. The predicted octanol–water partition coefficient (Wildman–Crippen LogP) is 1.54. The highest BCUT2D eigenvalue weighted by atomic mass is 32.1. The molecule has 0 spiro atoms. The molecular weight excluding hydrogens is 258 g/mol. The molecule has 2 heterocycles. The second-order valence-corrected chi connectivity index (χ2v) is 5.66. The first-order valence-electron chi connectivity index (χ1n) is 6.66. The van der Waals surface area contributed by atoms with Gasteiger partial charge >= 0.3 is 0 Å². The van der Waals surface area contributed by atoms with Crippen LogP contribution in [-0.4, -0.2) is 34.8 Å². The fourth-order valence-electron chi connectivity index (χ4n) is 2.72. The Balaban J connectivity index is 2.31. The molecule has 1 saturated heterocycles. The summed E-state index contributed by atoms with van der Waals surface area (Å²) in [5.74, 6) is 0.425. The second kappa shape index (κ2) is 5.84. The topological polar surface area (TPSA) is 62.4 Å². The highest BCUT2D eigenvalue weighted by molar-refractivity contribution is 7.80. The molecule has 0 aromatic carbocycles. The summed E-state index contributed by atoms with van der Waals surface area (Å²) in [6.45, 7) is 6.09. The first-order valence-corrected chi connectivity index (χ1v) is 7.07. The van der Waals surface area contributed by atoms with Crippen LogP contribution in [0.25, 0.3) is 0 Å². The van der Waals surface area contributed by atoms with E-state index in [1.807, 2.05) is 13.8 Å². The van der Waals surface area contributed by atoms with Crippen molar-refractivity contribution in [2.75, 3.05) is 24.6 Å². The van der Waals surface area contributed by atoms with E-state index in [1.54, 1.807) is 0 Å². The van der Waals surface area contributed by atoms with Crippen molar-refractivity contribution in [1.29, 1.82) is 0 Å². The van der Waals surface area contributed by atoms with Crippen LogP contribution in [0.3, 0.4) is 0 Å². The van der Waals surface area contributed by atoms with Crippen LogP contribution in [0, 0.1) is 19.8 Å². The molecule has 0 atom stereocenters. The first kappa shape index (κ1) is 14.2. The average Bonchev–Trinajstić information content (AvgIpc) is 2.37. The maximum absolute atomic E-state index is 9.21. The van der Waals surface area contributed by atoms with Crippen LogP contribution in [0.5, 0.6) is 0 Å². The lowest BCUT2D eigenvalue weighted by molar-refractivity contribution is 0.203. The molecule has 19 heavy (non-hydrogen) atoms. The van der Waals surface area contributed by atoms with Gasteiger partial charge in [0.1, 0.15) is 4.99 Å². The summed E-state index contributed by atoms with van der Waals surface area (Å²) >= 11 is 5.17. The molecule has 4 nitrogen and oxygen atoms in total. The van der Waals surface area contributed by atoms with Gasteiger partial charge in [-0.1, -0.05) is 12.2 Å². The Morgan fingerprint density at radius 1 is 1.47 bits per heavy atom. The van der Waals surface area contributed by atoms with Gasteiger partial charge in [-0.3, -0.25) is 4.98 Å². The normalized spacial score (nSPS) is 16.7. The zero-order valence-electron chi connectivity index (χ0n) is 11.5. The van der Waals surface area contributed by atoms with E-state index in [0.717, 1.165) is 48.6 Å². The number of aliphatic hydroxyl groups excluding tert-OH is 1. The Kier molecular flexibility index (Phi) is 4.37. The number of pyridine rings is 1. The summed E-state index contributed by atoms with van der Waals surface area (Å²) in [6.07, 6.45) is 2.02. The van der Waals surface area contributed by atoms with E-state index in [9.17, 15) is 5.11 Å². The third-order valence-corrected chi connectivity index (χ3v) is 3.97. The fourth-order valence-corrected chi connectivity index (χ4v) is 2.97. The van der Waals surface area contributed by atoms with Gasteiger partial charge in [-0.15, -0.1) is 0 Å². The van der Waals surface area contributed by atoms with Crippen molar-refractivity contribution in [2.45, 2.75) is 26.7 Å². The van der Waals surface area contributed by atoms with E-state index in [4.69, 9.17) is 18.0 Å². The quantitative estimate of drug-likeness (QED) is 0.822. The Bertz CT molecular complexity index is 482. The van der Waals surface area contributed by atoms with Crippen LogP contribution >= 0.6 is 12.2 Å². The molecule has 1 aliphatic rings. The van der Waals surface area contributed by atoms with Crippen LogP contribution < -0.4 is 10.6 Å². The van der Waals surface area contributed by atoms with Gasteiger partial charge in [-0.05, 0) is 38.7 Å². The lowest BCUT2D eigenvalue weighted by atomic mass is 9.96. The Labute approximate surface area is 119 Å². The number of aromatic nitrogens is 1. The van der Waals surface area contributed by atoms with Crippen molar-refractivity contribution in [2.24, 2.45) is 11.7 Å². The van der Waals surface area contributed by atoms with Gasteiger partial charge in [-0.25, -0.2) is 0 Å². The molecule has 1 aromatic heterocycles. The number of piperidine rings is 1. The highest BCUT2D eigenvalue weighted by Crippen LogP contribution is 2.28. The number of nitrogens with zero attached hydrogens (tertiary/aromatic N) is 2. The number of aliphatic hydroxyl groups is 1. The molecule has 0 bridgehead atoms. The number of thiocarbonyl (C=S) groups is 1. The van der Waals surface area contributed by atoms with E-state index in [1.165, 1.54) is 0 Å². The number of hydrogen-bond donors (Lipinski definition) is 2. The van der Waals surface area contributed by atoms with Crippen LogP contribution in [0.15, 0.2) is 6.07 Å². The first-order chi connectivity index (χ1) is 9.02. The minimum Gasteiger partial charge on any atom is -0.396 e. The van der Waals surface area contributed by atoms with Crippen LogP contribution in [0.2, 0.25) is 0 Å². The molecule has 2 rings (SSSR count). The van der Waals surface area contributed by atoms with E-state index in [2.05, 4.69) is 16.0 Å². The molecule has 3 N–H and O–H groups in total. The van der Waals surface area contributed by atoms with Gasteiger partial charge in [0.25, 0.3) is 0 Å². The van der Waals surface area contributed by atoms with Crippen molar-refractivity contribution >= 4 is 22.9 Å². The number of anilines is 1. The lowest BCUT2D eigenvalue weighted by Gasteiger charge is -2.34. The minimum atomic E-state index is 0.282. The lowest BCUT2D eigenvalue weighted by Crippen LogP contribution is -2.36. The van der Waals surface area contributed by atoms with Crippen LogP contribution in [0.1, 0.15) is 29.8 Å². The number of hydrogen-bond acceptors (Lipinski definition) is 4. The molecule has 104 valence electrons. The van der Waals surface area contributed by atoms with Crippen LogP contribution in [0.4, 0.5) is 5.69 Å². The molecule has 1 aromatic rings. The van der Waals surface area contributed by atoms with Gasteiger partial charge in [-0.2, -0.15) is 0 Å². The Hall–Kier alpha value is -1.20. The zero-order chi connectivity index (χ0) is 14.0. The smallest absolute Gasteiger partial charge is 0.107 e. The van der Waals surface area contributed by atoms with Crippen molar-refractivity contribution in [3.05, 3.63) is 23.0 Å². The van der Waals surface area contributed by atoms with E-state index in [0.29, 0.717) is 10.9 Å². The number of nitrogens with two attached hydrogens (primary N) is 1. The summed E-state index contributed by atoms with van der Waals surface area (Å²) in [6, 6.07) is 2.06. The van der Waals surface area contributed by atoms with E-state index < -0.39 is 0 Å². The summed E-state index contributed by atoms with van der Waals surface area (Å²) < 4.78 is 0. The SMILES string of the molecule is Cc1cc(N2CCC(CO)CC2)c(C(N)=S)c(C)n1. The van der Waals surface area contributed by atoms with Crippen LogP contribution in [-0.2, 0) is 0 Å². The largest absolute Gasteiger partial charge is 0.396 e.